The van der Waals surface area contributed by atoms with Crippen LogP contribution >= 0.6 is 11.8 Å². The van der Waals surface area contributed by atoms with E-state index in [1.54, 1.807) is 12.1 Å². The van der Waals surface area contributed by atoms with E-state index >= 15 is 0 Å². The monoisotopic (exact) mass is 471 g/mol. The van der Waals surface area contributed by atoms with Crippen molar-refractivity contribution in [3.8, 4) is 17.1 Å². The molecule has 2 heterocycles. The highest BCUT2D eigenvalue weighted by molar-refractivity contribution is 7.99. The first-order chi connectivity index (χ1) is 16.7. The smallest absolute Gasteiger partial charge is 0.230 e. The standard InChI is InChI=1S/C26H22FN5OS/c27-20-12-10-18(11-13-20)25-30-31-26(32(25)21-6-2-1-3-7-21)34-17-24(33)28-15-14-19-16-29-23-9-5-4-8-22(19)23/h1-13,16,29H,14-15,17H2,(H,28,33). The molecule has 0 aliphatic rings. The van der Waals surface area contributed by atoms with Gasteiger partial charge in [-0.15, -0.1) is 10.2 Å². The average Bonchev–Trinajstić information content (AvgIpc) is 3.48. The molecule has 5 rings (SSSR count). The van der Waals surface area contributed by atoms with Crippen molar-refractivity contribution in [3.63, 3.8) is 0 Å². The van der Waals surface area contributed by atoms with Crippen LogP contribution < -0.4 is 5.32 Å². The lowest BCUT2D eigenvalue weighted by atomic mass is 10.1. The maximum Gasteiger partial charge on any atom is 0.230 e. The van der Waals surface area contributed by atoms with Gasteiger partial charge in [0.2, 0.25) is 5.91 Å². The number of rotatable bonds is 8. The van der Waals surface area contributed by atoms with E-state index in [2.05, 4.69) is 26.6 Å². The second-order valence-corrected chi connectivity index (χ2v) is 8.67. The average molecular weight is 472 g/mol. The number of amides is 1. The predicted octanol–water partition coefficient (Wildman–Crippen LogP) is 5.01. The molecule has 5 aromatic rings. The topological polar surface area (TPSA) is 75.6 Å². The molecule has 34 heavy (non-hydrogen) atoms. The second kappa shape index (κ2) is 9.93. The molecule has 170 valence electrons. The fourth-order valence-corrected chi connectivity index (χ4v) is 4.60. The maximum absolute atomic E-state index is 13.4. The highest BCUT2D eigenvalue weighted by Gasteiger charge is 2.17. The maximum atomic E-state index is 13.4. The van der Waals surface area contributed by atoms with Crippen LogP contribution in [0.25, 0.3) is 28.0 Å². The van der Waals surface area contributed by atoms with E-state index in [9.17, 15) is 9.18 Å². The number of benzene rings is 3. The molecule has 0 aliphatic carbocycles. The minimum atomic E-state index is -0.312. The van der Waals surface area contributed by atoms with E-state index < -0.39 is 0 Å². The minimum absolute atomic E-state index is 0.0733. The Morgan fingerprint density at radius 1 is 0.971 bits per heavy atom. The van der Waals surface area contributed by atoms with Gasteiger partial charge in [0, 0.05) is 34.9 Å². The summed E-state index contributed by atoms with van der Waals surface area (Å²) >= 11 is 1.32. The third kappa shape index (κ3) is 4.72. The molecule has 6 nitrogen and oxygen atoms in total. The SMILES string of the molecule is O=C(CSc1nnc(-c2ccc(F)cc2)n1-c1ccccc1)NCCc1c[nH]c2ccccc12. The number of nitrogens with zero attached hydrogens (tertiary/aromatic N) is 3. The molecule has 3 aromatic carbocycles. The summed E-state index contributed by atoms with van der Waals surface area (Å²) in [4.78, 5) is 15.8. The van der Waals surface area contributed by atoms with E-state index in [0.29, 0.717) is 17.5 Å². The van der Waals surface area contributed by atoms with Gasteiger partial charge in [0.05, 0.1) is 5.75 Å². The Morgan fingerprint density at radius 2 is 1.74 bits per heavy atom. The van der Waals surface area contributed by atoms with Crippen molar-refractivity contribution in [1.82, 2.24) is 25.1 Å². The van der Waals surface area contributed by atoms with Crippen LogP contribution in [-0.4, -0.2) is 38.0 Å². The lowest BCUT2D eigenvalue weighted by molar-refractivity contribution is -0.118. The van der Waals surface area contributed by atoms with E-state index in [0.717, 1.165) is 23.2 Å². The molecular weight excluding hydrogens is 449 g/mol. The van der Waals surface area contributed by atoms with Crippen molar-refractivity contribution in [3.05, 3.63) is 96.4 Å². The number of carbonyl (C=O) groups is 1. The molecule has 2 N–H and O–H groups in total. The minimum Gasteiger partial charge on any atom is -0.361 e. The molecule has 0 aliphatic heterocycles. The van der Waals surface area contributed by atoms with Crippen LogP contribution in [0, 0.1) is 5.82 Å². The zero-order valence-corrected chi connectivity index (χ0v) is 19.1. The normalized spacial score (nSPS) is 11.1. The third-order valence-corrected chi connectivity index (χ3v) is 6.40. The van der Waals surface area contributed by atoms with Gasteiger partial charge in [-0.1, -0.05) is 48.2 Å². The zero-order valence-electron chi connectivity index (χ0n) is 18.2. The highest BCUT2D eigenvalue weighted by atomic mass is 32.2. The lowest BCUT2D eigenvalue weighted by Gasteiger charge is -2.10. The second-order valence-electron chi connectivity index (χ2n) is 7.73. The summed E-state index contributed by atoms with van der Waals surface area (Å²) in [6, 6.07) is 23.9. The van der Waals surface area contributed by atoms with Gasteiger partial charge in [0.15, 0.2) is 11.0 Å². The summed E-state index contributed by atoms with van der Waals surface area (Å²) in [6.45, 7) is 0.549. The Morgan fingerprint density at radius 3 is 2.56 bits per heavy atom. The first kappa shape index (κ1) is 21.9. The Hall–Kier alpha value is -3.91. The molecule has 0 atom stereocenters. The van der Waals surface area contributed by atoms with Gasteiger partial charge in [0.1, 0.15) is 5.82 Å². The van der Waals surface area contributed by atoms with Crippen molar-refractivity contribution in [1.29, 1.82) is 0 Å². The summed E-state index contributed by atoms with van der Waals surface area (Å²) in [7, 11) is 0. The van der Waals surface area contributed by atoms with Gasteiger partial charge >= 0.3 is 0 Å². The van der Waals surface area contributed by atoms with Crippen molar-refractivity contribution in [2.45, 2.75) is 11.6 Å². The number of hydrogen-bond acceptors (Lipinski definition) is 4. The van der Waals surface area contributed by atoms with Crippen LogP contribution in [0.4, 0.5) is 4.39 Å². The molecular formula is C26H22FN5OS. The Kier molecular flexibility index (Phi) is 6.40. The molecule has 0 spiro atoms. The number of hydrogen-bond donors (Lipinski definition) is 2. The van der Waals surface area contributed by atoms with Crippen LogP contribution in [0.15, 0.2) is 90.2 Å². The van der Waals surface area contributed by atoms with Crippen LogP contribution in [0.1, 0.15) is 5.56 Å². The molecule has 8 heteroatoms. The largest absolute Gasteiger partial charge is 0.361 e. The molecule has 0 fully saturated rings. The Bertz CT molecular complexity index is 1410. The number of H-pyrrole nitrogens is 1. The van der Waals surface area contributed by atoms with Gasteiger partial charge in [-0.3, -0.25) is 9.36 Å². The molecule has 0 saturated carbocycles. The summed E-state index contributed by atoms with van der Waals surface area (Å²) < 4.78 is 15.3. The van der Waals surface area contributed by atoms with Gasteiger partial charge in [-0.05, 0) is 54.4 Å². The van der Waals surface area contributed by atoms with Crippen molar-refractivity contribution in [2.24, 2.45) is 0 Å². The van der Waals surface area contributed by atoms with Crippen molar-refractivity contribution >= 4 is 28.6 Å². The number of thioether (sulfide) groups is 1. The van der Waals surface area contributed by atoms with Crippen molar-refractivity contribution < 1.29 is 9.18 Å². The first-order valence-corrected chi connectivity index (χ1v) is 11.9. The van der Waals surface area contributed by atoms with Crippen LogP contribution in [0.3, 0.4) is 0 Å². The number of fused-ring (bicyclic) bond motifs is 1. The van der Waals surface area contributed by atoms with Crippen LogP contribution in [0.5, 0.6) is 0 Å². The molecule has 0 bridgehead atoms. The molecule has 1 amide bonds. The Labute approximate surface area is 200 Å². The van der Waals surface area contributed by atoms with E-state index in [1.807, 2.05) is 59.3 Å². The first-order valence-electron chi connectivity index (χ1n) is 10.9. The fraction of sp³-hybridized carbons (Fsp3) is 0.115. The van der Waals surface area contributed by atoms with Gasteiger partial charge in [-0.2, -0.15) is 0 Å². The van der Waals surface area contributed by atoms with E-state index in [1.165, 1.54) is 34.8 Å². The van der Waals surface area contributed by atoms with Crippen LogP contribution in [-0.2, 0) is 11.2 Å². The predicted molar refractivity (Wildman–Crippen MR) is 132 cm³/mol. The number of carbonyl (C=O) groups excluding carboxylic acids is 1. The number of aromatic nitrogens is 4. The summed E-state index contributed by atoms with van der Waals surface area (Å²) in [5.41, 5.74) is 3.88. The number of nitrogens with one attached hydrogen (secondary N) is 2. The number of para-hydroxylation sites is 2. The quantitative estimate of drug-likeness (QED) is 0.312. The zero-order chi connectivity index (χ0) is 23.3. The molecule has 0 radical (unpaired) electrons. The molecule has 2 aromatic heterocycles. The summed E-state index contributed by atoms with van der Waals surface area (Å²) in [6.07, 6.45) is 2.74. The van der Waals surface area contributed by atoms with Crippen LogP contribution in [0.2, 0.25) is 0 Å². The van der Waals surface area contributed by atoms with Gasteiger partial charge in [0.25, 0.3) is 0 Å². The third-order valence-electron chi connectivity index (χ3n) is 5.47. The Balaban J connectivity index is 1.26. The highest BCUT2D eigenvalue weighted by Crippen LogP contribution is 2.28. The number of halogens is 1. The van der Waals surface area contributed by atoms with Gasteiger partial charge < -0.3 is 10.3 Å². The van der Waals surface area contributed by atoms with E-state index in [4.69, 9.17) is 0 Å². The van der Waals surface area contributed by atoms with E-state index in [-0.39, 0.29) is 17.5 Å². The van der Waals surface area contributed by atoms with Crippen molar-refractivity contribution in [2.75, 3.05) is 12.3 Å². The fourth-order valence-electron chi connectivity index (χ4n) is 3.82. The molecule has 0 saturated heterocycles. The summed E-state index contributed by atoms with van der Waals surface area (Å²) in [5, 5.41) is 13.4. The summed E-state index contributed by atoms with van der Waals surface area (Å²) in [5.74, 6) is 0.417. The lowest BCUT2D eigenvalue weighted by Crippen LogP contribution is -2.27. The molecule has 0 unspecified atom stereocenters. The number of aromatic amines is 1. The van der Waals surface area contributed by atoms with Gasteiger partial charge in [-0.25, -0.2) is 4.39 Å².